The number of ether oxygens (including phenoxy) is 1. The Morgan fingerprint density at radius 2 is 2.08 bits per heavy atom. The number of nitrogens with zero attached hydrogens (tertiary/aromatic N) is 2. The second-order valence-corrected chi connectivity index (χ2v) is 5.54. The molecule has 0 aliphatic heterocycles. The molecule has 2 aromatic rings. The smallest absolute Gasteiger partial charge is 0.307 e. The average Bonchev–Trinajstić information content (AvgIpc) is 2.86. The van der Waals surface area contributed by atoms with E-state index in [9.17, 15) is 9.59 Å². The maximum atomic E-state index is 12.4. The van der Waals surface area contributed by atoms with Gasteiger partial charge in [0, 0.05) is 23.9 Å². The van der Waals surface area contributed by atoms with E-state index in [-0.39, 0.29) is 12.2 Å². The number of aliphatic carboxylic acids is 1. The fourth-order valence-electron chi connectivity index (χ4n) is 2.49. The van der Waals surface area contributed by atoms with E-state index >= 15 is 0 Å². The van der Waals surface area contributed by atoms with Crippen LogP contribution in [0.4, 0.5) is 0 Å². The van der Waals surface area contributed by atoms with Crippen molar-refractivity contribution < 1.29 is 19.4 Å². The van der Waals surface area contributed by atoms with Gasteiger partial charge in [0.2, 0.25) is 0 Å². The molecule has 0 spiro atoms. The molecule has 0 fully saturated rings. The number of hydrogen-bond donors (Lipinski definition) is 1. The standard InChI is InChI=1S/C19H18N2O4/c1-12-13(9-16(11-20)21(12)2)4-6-17(22)14-5-7-18(25-3)15(8-14)10-19(23)24/h4-9H,10H2,1-3H3,(H,23,24). The van der Waals surface area contributed by atoms with E-state index in [1.807, 2.05) is 6.92 Å². The second kappa shape index (κ2) is 7.49. The minimum atomic E-state index is -0.998. The number of hydrogen-bond acceptors (Lipinski definition) is 4. The molecule has 0 saturated carbocycles. The number of carbonyl (C=O) groups excluding carboxylic acids is 1. The molecule has 2 rings (SSSR count). The minimum absolute atomic E-state index is 0.225. The molecule has 0 atom stereocenters. The summed E-state index contributed by atoms with van der Waals surface area (Å²) in [5, 5.41) is 18.0. The first-order valence-corrected chi connectivity index (χ1v) is 7.55. The molecule has 0 radical (unpaired) electrons. The van der Waals surface area contributed by atoms with E-state index in [2.05, 4.69) is 6.07 Å². The third kappa shape index (κ3) is 3.96. The Hall–Kier alpha value is -3.33. The van der Waals surface area contributed by atoms with Gasteiger partial charge in [0.15, 0.2) is 5.78 Å². The SMILES string of the molecule is COc1ccc(C(=O)C=Cc2cc(C#N)n(C)c2C)cc1CC(=O)O. The maximum Gasteiger partial charge on any atom is 0.307 e. The molecule has 128 valence electrons. The van der Waals surface area contributed by atoms with Crippen LogP contribution in [0.25, 0.3) is 6.08 Å². The summed E-state index contributed by atoms with van der Waals surface area (Å²) < 4.78 is 6.88. The van der Waals surface area contributed by atoms with E-state index in [1.165, 1.54) is 19.3 Å². The number of rotatable bonds is 6. The predicted octanol–water partition coefficient (Wildman–Crippen LogP) is 2.74. The first kappa shape index (κ1) is 18.0. The molecule has 0 aliphatic carbocycles. The molecule has 0 amide bonds. The van der Waals surface area contributed by atoms with Gasteiger partial charge in [0.1, 0.15) is 17.5 Å². The van der Waals surface area contributed by atoms with Crippen molar-refractivity contribution in [2.75, 3.05) is 7.11 Å². The zero-order valence-corrected chi connectivity index (χ0v) is 14.2. The lowest BCUT2D eigenvalue weighted by molar-refractivity contribution is -0.136. The zero-order chi connectivity index (χ0) is 18.6. The van der Waals surface area contributed by atoms with Gasteiger partial charge >= 0.3 is 5.97 Å². The van der Waals surface area contributed by atoms with Crippen molar-refractivity contribution in [2.24, 2.45) is 7.05 Å². The van der Waals surface area contributed by atoms with Crippen LogP contribution in [0.1, 0.15) is 32.9 Å². The Morgan fingerprint density at radius 3 is 2.64 bits per heavy atom. The van der Waals surface area contributed by atoms with Crippen LogP contribution < -0.4 is 4.74 Å². The highest BCUT2D eigenvalue weighted by Gasteiger charge is 2.12. The van der Waals surface area contributed by atoms with Crippen LogP contribution in [0, 0.1) is 18.3 Å². The molecule has 1 N–H and O–H groups in total. The number of aromatic nitrogens is 1. The summed E-state index contributed by atoms with van der Waals surface area (Å²) in [6.45, 7) is 1.86. The lowest BCUT2D eigenvalue weighted by Crippen LogP contribution is -2.04. The fraction of sp³-hybridized carbons (Fsp3) is 0.211. The second-order valence-electron chi connectivity index (χ2n) is 5.54. The number of carboxylic acid groups (broad SMARTS) is 1. The van der Waals surface area contributed by atoms with Gasteiger partial charge in [0.25, 0.3) is 0 Å². The highest BCUT2D eigenvalue weighted by molar-refractivity contribution is 6.07. The van der Waals surface area contributed by atoms with E-state index in [0.717, 1.165) is 11.3 Å². The molecule has 0 aliphatic rings. The van der Waals surface area contributed by atoms with Crippen LogP contribution in [0.5, 0.6) is 5.75 Å². The molecule has 1 heterocycles. The monoisotopic (exact) mass is 338 g/mol. The molecule has 6 nitrogen and oxygen atoms in total. The van der Waals surface area contributed by atoms with Gasteiger partial charge in [-0.3, -0.25) is 9.59 Å². The lowest BCUT2D eigenvalue weighted by atomic mass is 10.0. The quantitative estimate of drug-likeness (QED) is 0.646. The summed E-state index contributed by atoms with van der Waals surface area (Å²) in [6.07, 6.45) is 2.84. The number of allylic oxidation sites excluding steroid dienone is 1. The number of methoxy groups -OCH3 is 1. The highest BCUT2D eigenvalue weighted by Crippen LogP contribution is 2.22. The molecular formula is C19H18N2O4. The van der Waals surface area contributed by atoms with Crippen molar-refractivity contribution in [1.82, 2.24) is 4.57 Å². The lowest BCUT2D eigenvalue weighted by Gasteiger charge is -2.08. The van der Waals surface area contributed by atoms with Crippen molar-refractivity contribution in [1.29, 1.82) is 5.26 Å². The van der Waals surface area contributed by atoms with Crippen LogP contribution in [-0.4, -0.2) is 28.5 Å². The number of ketones is 1. The summed E-state index contributed by atoms with van der Waals surface area (Å²) in [4.78, 5) is 23.3. The molecule has 1 aromatic heterocycles. The molecule has 1 aromatic carbocycles. The van der Waals surface area contributed by atoms with Gasteiger partial charge in [0.05, 0.1) is 13.5 Å². The van der Waals surface area contributed by atoms with E-state index in [4.69, 9.17) is 15.1 Å². The zero-order valence-electron chi connectivity index (χ0n) is 14.2. The molecule has 0 bridgehead atoms. The van der Waals surface area contributed by atoms with Crippen molar-refractivity contribution in [3.05, 3.63) is 58.4 Å². The molecule has 0 unspecified atom stereocenters. The van der Waals surface area contributed by atoms with Crippen molar-refractivity contribution in [2.45, 2.75) is 13.3 Å². The molecule has 0 saturated heterocycles. The Kier molecular flexibility index (Phi) is 5.40. The summed E-state index contributed by atoms with van der Waals surface area (Å²) in [5.41, 5.74) is 2.99. The van der Waals surface area contributed by atoms with Gasteiger partial charge in [-0.15, -0.1) is 0 Å². The number of carbonyl (C=O) groups is 2. The highest BCUT2D eigenvalue weighted by atomic mass is 16.5. The first-order valence-electron chi connectivity index (χ1n) is 7.55. The van der Waals surface area contributed by atoms with Crippen LogP contribution in [0.3, 0.4) is 0 Å². The third-order valence-corrected chi connectivity index (χ3v) is 4.01. The van der Waals surface area contributed by atoms with Crippen LogP contribution in [0.2, 0.25) is 0 Å². The van der Waals surface area contributed by atoms with Gasteiger partial charge in [-0.2, -0.15) is 5.26 Å². The maximum absolute atomic E-state index is 12.4. The van der Waals surface area contributed by atoms with E-state index < -0.39 is 5.97 Å². The van der Waals surface area contributed by atoms with E-state index in [0.29, 0.717) is 22.6 Å². The van der Waals surface area contributed by atoms with Crippen molar-refractivity contribution >= 4 is 17.8 Å². The number of nitriles is 1. The molecule has 25 heavy (non-hydrogen) atoms. The summed E-state index contributed by atoms with van der Waals surface area (Å²) in [6, 6.07) is 8.50. The Morgan fingerprint density at radius 1 is 1.36 bits per heavy atom. The minimum Gasteiger partial charge on any atom is -0.496 e. The van der Waals surface area contributed by atoms with Crippen LogP contribution in [-0.2, 0) is 18.3 Å². The topological polar surface area (TPSA) is 92.3 Å². The number of benzene rings is 1. The fourth-order valence-corrected chi connectivity index (χ4v) is 2.49. The van der Waals surface area contributed by atoms with Gasteiger partial charge < -0.3 is 14.4 Å². The predicted molar refractivity (Wildman–Crippen MR) is 92.6 cm³/mol. The Labute approximate surface area is 145 Å². The van der Waals surface area contributed by atoms with Crippen molar-refractivity contribution in [3.8, 4) is 11.8 Å². The number of carboxylic acids is 1. The van der Waals surface area contributed by atoms with Crippen LogP contribution >= 0.6 is 0 Å². The van der Waals surface area contributed by atoms with E-state index in [1.54, 1.807) is 35.9 Å². The van der Waals surface area contributed by atoms with Gasteiger partial charge in [-0.05, 0) is 48.9 Å². The third-order valence-electron chi connectivity index (χ3n) is 4.01. The van der Waals surface area contributed by atoms with Gasteiger partial charge in [-0.25, -0.2) is 0 Å². The largest absolute Gasteiger partial charge is 0.496 e. The first-order chi connectivity index (χ1) is 11.9. The molecular weight excluding hydrogens is 320 g/mol. The Bertz CT molecular complexity index is 901. The average molecular weight is 338 g/mol. The van der Waals surface area contributed by atoms with Gasteiger partial charge in [-0.1, -0.05) is 0 Å². The van der Waals surface area contributed by atoms with Crippen molar-refractivity contribution in [3.63, 3.8) is 0 Å². The van der Waals surface area contributed by atoms with Crippen LogP contribution in [0.15, 0.2) is 30.3 Å². The Balaban J connectivity index is 2.29. The summed E-state index contributed by atoms with van der Waals surface area (Å²) >= 11 is 0. The summed E-state index contributed by atoms with van der Waals surface area (Å²) in [5.74, 6) is -0.820. The summed E-state index contributed by atoms with van der Waals surface area (Å²) in [7, 11) is 3.24. The molecule has 6 heteroatoms. The normalized spacial score (nSPS) is 10.6.